The Balaban J connectivity index is 1.90. The van der Waals surface area contributed by atoms with E-state index in [1.54, 1.807) is 36.0 Å². The molecule has 0 bridgehead atoms. The quantitative estimate of drug-likeness (QED) is 0.579. The highest BCUT2D eigenvalue weighted by Crippen LogP contribution is 2.29. The maximum absolute atomic E-state index is 12.6. The predicted octanol–water partition coefficient (Wildman–Crippen LogP) is 3.86. The SMILES string of the molecule is Cc1cccnc1-c1cc2cccnc2c(NS(=O)(=O)c2cccs2)n1. The molecule has 6 nitrogen and oxygen atoms in total. The van der Waals surface area contributed by atoms with Crippen LogP contribution in [0.5, 0.6) is 0 Å². The van der Waals surface area contributed by atoms with Crippen LogP contribution in [0.15, 0.2) is 64.4 Å². The third-order valence-corrected chi connectivity index (χ3v) is 6.57. The van der Waals surface area contributed by atoms with Crippen molar-refractivity contribution in [3.8, 4) is 11.4 Å². The number of fused-ring (bicyclic) bond motifs is 1. The number of hydrogen-bond donors (Lipinski definition) is 1. The van der Waals surface area contributed by atoms with E-state index in [1.165, 1.54) is 0 Å². The molecule has 0 saturated carbocycles. The van der Waals surface area contributed by atoms with Crippen molar-refractivity contribution < 1.29 is 8.42 Å². The minimum atomic E-state index is -3.72. The van der Waals surface area contributed by atoms with Crippen LogP contribution in [0.2, 0.25) is 0 Å². The monoisotopic (exact) mass is 382 g/mol. The van der Waals surface area contributed by atoms with Gasteiger partial charge in [-0.25, -0.2) is 13.4 Å². The lowest BCUT2D eigenvalue weighted by atomic mass is 10.1. The zero-order valence-electron chi connectivity index (χ0n) is 13.7. The molecular weight excluding hydrogens is 368 g/mol. The fraction of sp³-hybridized carbons (Fsp3) is 0.0556. The summed E-state index contributed by atoms with van der Waals surface area (Å²) in [6.45, 7) is 1.94. The number of hydrogen-bond acceptors (Lipinski definition) is 6. The Morgan fingerprint density at radius 2 is 1.85 bits per heavy atom. The Labute approximate surface area is 154 Å². The number of thiophene rings is 1. The van der Waals surface area contributed by atoms with E-state index in [0.717, 1.165) is 22.3 Å². The Bertz CT molecular complexity index is 1190. The van der Waals surface area contributed by atoms with Gasteiger partial charge in [-0.15, -0.1) is 11.3 Å². The second-order valence-corrected chi connectivity index (χ2v) is 8.49. The average molecular weight is 382 g/mol. The van der Waals surface area contributed by atoms with Crippen LogP contribution < -0.4 is 4.72 Å². The molecule has 4 rings (SSSR count). The summed E-state index contributed by atoms with van der Waals surface area (Å²) >= 11 is 1.15. The van der Waals surface area contributed by atoms with E-state index in [2.05, 4.69) is 19.7 Å². The van der Waals surface area contributed by atoms with Gasteiger partial charge in [0.1, 0.15) is 9.73 Å². The summed E-state index contributed by atoms with van der Waals surface area (Å²) in [5.74, 6) is 0.191. The Morgan fingerprint density at radius 1 is 1.04 bits per heavy atom. The molecule has 8 heteroatoms. The summed E-state index contributed by atoms with van der Waals surface area (Å²) in [7, 11) is -3.72. The number of sulfonamides is 1. The van der Waals surface area contributed by atoms with Crippen molar-refractivity contribution in [3.63, 3.8) is 0 Å². The molecule has 0 aliphatic rings. The van der Waals surface area contributed by atoms with E-state index in [9.17, 15) is 8.42 Å². The third-order valence-electron chi connectivity index (χ3n) is 3.83. The van der Waals surface area contributed by atoms with Crippen LogP contribution in [0.4, 0.5) is 5.82 Å². The van der Waals surface area contributed by atoms with Gasteiger partial charge in [0, 0.05) is 17.8 Å². The van der Waals surface area contributed by atoms with Crippen molar-refractivity contribution >= 4 is 38.1 Å². The fourth-order valence-electron chi connectivity index (χ4n) is 2.63. The van der Waals surface area contributed by atoms with E-state index in [0.29, 0.717) is 16.9 Å². The van der Waals surface area contributed by atoms with Crippen molar-refractivity contribution in [3.05, 3.63) is 65.8 Å². The minimum Gasteiger partial charge on any atom is -0.261 e. The van der Waals surface area contributed by atoms with Crippen molar-refractivity contribution in [2.75, 3.05) is 4.72 Å². The summed E-state index contributed by atoms with van der Waals surface area (Å²) in [5.41, 5.74) is 2.74. The number of anilines is 1. The molecular formula is C18H14N4O2S2. The molecule has 0 saturated heterocycles. The summed E-state index contributed by atoms with van der Waals surface area (Å²) in [6.07, 6.45) is 3.30. The Kier molecular flexibility index (Phi) is 4.14. The molecule has 0 aliphatic heterocycles. The molecule has 0 radical (unpaired) electrons. The molecule has 0 spiro atoms. The van der Waals surface area contributed by atoms with Crippen LogP contribution in [0.1, 0.15) is 5.56 Å². The number of rotatable bonds is 4. The van der Waals surface area contributed by atoms with E-state index < -0.39 is 10.0 Å². The first-order valence-electron chi connectivity index (χ1n) is 7.79. The van der Waals surface area contributed by atoms with Crippen molar-refractivity contribution in [1.82, 2.24) is 15.0 Å². The minimum absolute atomic E-state index is 0.191. The molecule has 0 aliphatic carbocycles. The van der Waals surface area contributed by atoms with Gasteiger partial charge < -0.3 is 0 Å². The first-order chi connectivity index (χ1) is 12.5. The van der Waals surface area contributed by atoms with Crippen molar-refractivity contribution in [2.24, 2.45) is 0 Å². The summed E-state index contributed by atoms with van der Waals surface area (Å²) in [4.78, 5) is 13.2. The normalized spacial score (nSPS) is 11.6. The van der Waals surface area contributed by atoms with Crippen LogP contribution in [0.25, 0.3) is 22.3 Å². The van der Waals surface area contributed by atoms with Gasteiger partial charge in [-0.1, -0.05) is 18.2 Å². The lowest BCUT2D eigenvalue weighted by molar-refractivity contribution is 0.603. The number of nitrogens with one attached hydrogen (secondary N) is 1. The number of nitrogens with zero attached hydrogens (tertiary/aromatic N) is 3. The number of pyridine rings is 3. The molecule has 0 amide bonds. The van der Waals surface area contributed by atoms with Crippen LogP contribution in [0.3, 0.4) is 0 Å². The predicted molar refractivity (Wildman–Crippen MR) is 103 cm³/mol. The van der Waals surface area contributed by atoms with E-state index in [-0.39, 0.29) is 10.0 Å². The molecule has 0 fully saturated rings. The summed E-state index contributed by atoms with van der Waals surface area (Å²) in [6, 6.07) is 12.6. The van der Waals surface area contributed by atoms with Gasteiger partial charge in [0.2, 0.25) is 0 Å². The van der Waals surface area contributed by atoms with Crippen LogP contribution >= 0.6 is 11.3 Å². The standard InChI is InChI=1S/C18H14N4O2S2/c1-12-5-2-8-19-16(12)14-11-13-6-3-9-20-17(13)18(21-14)22-26(23,24)15-7-4-10-25-15/h2-11H,1H3,(H,21,22). The van der Waals surface area contributed by atoms with E-state index in [1.807, 2.05) is 31.2 Å². The maximum atomic E-state index is 12.6. The first kappa shape index (κ1) is 16.6. The highest BCUT2D eigenvalue weighted by atomic mass is 32.2. The third kappa shape index (κ3) is 3.04. The van der Waals surface area contributed by atoms with E-state index in [4.69, 9.17) is 0 Å². The highest BCUT2D eigenvalue weighted by molar-refractivity contribution is 7.94. The maximum Gasteiger partial charge on any atom is 0.272 e. The molecule has 4 aromatic rings. The summed E-state index contributed by atoms with van der Waals surface area (Å²) in [5, 5.41) is 2.50. The smallest absolute Gasteiger partial charge is 0.261 e. The van der Waals surface area contributed by atoms with Gasteiger partial charge in [0.25, 0.3) is 10.0 Å². The zero-order valence-corrected chi connectivity index (χ0v) is 15.4. The number of aryl methyl sites for hydroxylation is 1. The molecule has 1 N–H and O–H groups in total. The van der Waals surface area contributed by atoms with Gasteiger partial charge in [-0.05, 0) is 42.1 Å². The Morgan fingerprint density at radius 3 is 2.62 bits per heavy atom. The van der Waals surface area contributed by atoms with Crippen LogP contribution in [-0.2, 0) is 10.0 Å². The first-order valence-corrected chi connectivity index (χ1v) is 10.1. The molecule has 26 heavy (non-hydrogen) atoms. The molecule has 0 aromatic carbocycles. The lowest BCUT2D eigenvalue weighted by Crippen LogP contribution is -2.13. The average Bonchev–Trinajstić information content (AvgIpc) is 3.17. The second-order valence-electron chi connectivity index (χ2n) is 5.64. The van der Waals surface area contributed by atoms with Crippen molar-refractivity contribution in [1.29, 1.82) is 0 Å². The van der Waals surface area contributed by atoms with Gasteiger partial charge >= 0.3 is 0 Å². The van der Waals surface area contributed by atoms with E-state index >= 15 is 0 Å². The lowest BCUT2D eigenvalue weighted by Gasteiger charge is -2.11. The topological polar surface area (TPSA) is 84.8 Å². The molecule has 130 valence electrons. The van der Waals surface area contributed by atoms with Gasteiger partial charge in [-0.2, -0.15) is 0 Å². The second kappa shape index (κ2) is 6.47. The summed E-state index contributed by atoms with van der Waals surface area (Å²) < 4.78 is 28.1. The zero-order chi connectivity index (χ0) is 18.1. The van der Waals surface area contributed by atoms with Crippen molar-refractivity contribution in [2.45, 2.75) is 11.1 Å². The number of aromatic nitrogens is 3. The molecule has 0 atom stereocenters. The van der Waals surface area contributed by atoms with Crippen LogP contribution in [-0.4, -0.2) is 23.4 Å². The molecule has 4 heterocycles. The van der Waals surface area contributed by atoms with Crippen LogP contribution in [0, 0.1) is 6.92 Å². The van der Waals surface area contributed by atoms with Gasteiger partial charge in [-0.3, -0.25) is 14.7 Å². The molecule has 4 aromatic heterocycles. The highest BCUT2D eigenvalue weighted by Gasteiger charge is 2.19. The van der Waals surface area contributed by atoms with Gasteiger partial charge in [0.15, 0.2) is 5.82 Å². The fourth-order valence-corrected chi connectivity index (χ4v) is 4.63. The Hall–Kier alpha value is -2.84. The van der Waals surface area contributed by atoms with Gasteiger partial charge in [0.05, 0.1) is 11.4 Å². The molecule has 0 unspecified atom stereocenters. The largest absolute Gasteiger partial charge is 0.272 e.